The normalized spacial score (nSPS) is 18.7. The Morgan fingerprint density at radius 1 is 1.36 bits per heavy atom. The molecular weight excluding hydrogens is 339 g/mol. The molecule has 0 saturated carbocycles. The van der Waals surface area contributed by atoms with Crippen molar-refractivity contribution in [2.75, 3.05) is 19.7 Å². The maximum atomic E-state index is 12.8. The Balaban J connectivity index is 1.68. The van der Waals surface area contributed by atoms with Gasteiger partial charge in [0.05, 0.1) is 24.2 Å². The largest absolute Gasteiger partial charge is 0.416 e. The summed E-state index contributed by atoms with van der Waals surface area (Å²) in [4.78, 5) is 17.8. The Labute approximate surface area is 141 Å². The van der Waals surface area contributed by atoms with Crippen LogP contribution in [0.5, 0.6) is 0 Å². The summed E-state index contributed by atoms with van der Waals surface area (Å²) in [6.07, 6.45) is -6.39. The summed E-state index contributed by atoms with van der Waals surface area (Å²) in [5, 5.41) is 9.44. The molecule has 2 heterocycles. The van der Waals surface area contributed by atoms with Crippen LogP contribution in [0, 0.1) is 0 Å². The van der Waals surface area contributed by atoms with Crippen molar-refractivity contribution in [1.29, 1.82) is 0 Å². The number of aryl methyl sites for hydroxylation is 1. The molecule has 1 atom stereocenters. The number of aromatic nitrogens is 2. The third kappa shape index (κ3) is 3.77. The lowest BCUT2D eigenvalue weighted by molar-refractivity contribution is -0.236. The third-order valence-electron chi connectivity index (χ3n) is 4.21. The number of alkyl halides is 3. The molecule has 1 aliphatic rings. The number of aliphatic hydroxyl groups is 1. The van der Waals surface area contributed by atoms with Crippen LogP contribution in [-0.2, 0) is 22.7 Å². The third-order valence-corrected chi connectivity index (χ3v) is 4.21. The van der Waals surface area contributed by atoms with Crippen molar-refractivity contribution < 1.29 is 27.8 Å². The Morgan fingerprint density at radius 2 is 2.12 bits per heavy atom. The second-order valence-electron chi connectivity index (χ2n) is 5.82. The van der Waals surface area contributed by atoms with E-state index < -0.39 is 18.8 Å². The number of nitrogens with zero attached hydrogens (tertiary/aromatic N) is 3. The molecule has 0 bridgehead atoms. The van der Waals surface area contributed by atoms with Gasteiger partial charge in [-0.15, -0.1) is 0 Å². The van der Waals surface area contributed by atoms with Gasteiger partial charge in [-0.3, -0.25) is 4.79 Å². The SMILES string of the molecule is O=C(CCn1c(CO)nc2ccccc21)N1CCO[C@@H](C(F)(F)F)C1. The molecule has 3 rings (SSSR count). The van der Waals surface area contributed by atoms with E-state index in [1.54, 1.807) is 10.6 Å². The van der Waals surface area contributed by atoms with Gasteiger partial charge in [-0.2, -0.15) is 13.2 Å². The number of ether oxygens (including phenoxy) is 1. The van der Waals surface area contributed by atoms with Crippen LogP contribution >= 0.6 is 0 Å². The van der Waals surface area contributed by atoms with Gasteiger partial charge in [0.25, 0.3) is 0 Å². The summed E-state index contributed by atoms with van der Waals surface area (Å²) in [7, 11) is 0. The van der Waals surface area contributed by atoms with Crippen molar-refractivity contribution in [3.63, 3.8) is 0 Å². The number of para-hydroxylation sites is 2. The molecular formula is C16H18F3N3O3. The second kappa shape index (κ2) is 7.01. The fourth-order valence-corrected chi connectivity index (χ4v) is 2.93. The molecule has 1 N–H and O–H groups in total. The highest BCUT2D eigenvalue weighted by molar-refractivity contribution is 5.78. The van der Waals surface area contributed by atoms with Crippen molar-refractivity contribution in [2.24, 2.45) is 0 Å². The van der Waals surface area contributed by atoms with Gasteiger partial charge in [-0.25, -0.2) is 4.98 Å². The summed E-state index contributed by atoms with van der Waals surface area (Å²) >= 11 is 0. The van der Waals surface area contributed by atoms with Crippen LogP contribution in [0.15, 0.2) is 24.3 Å². The number of hydrogen-bond acceptors (Lipinski definition) is 4. The first-order valence-electron chi connectivity index (χ1n) is 7.91. The van der Waals surface area contributed by atoms with E-state index in [0.717, 1.165) is 5.52 Å². The Kier molecular flexibility index (Phi) is 4.96. The van der Waals surface area contributed by atoms with Gasteiger partial charge in [0.2, 0.25) is 5.91 Å². The van der Waals surface area contributed by atoms with Crippen LogP contribution in [0.3, 0.4) is 0 Å². The van der Waals surface area contributed by atoms with Crippen LogP contribution in [0.2, 0.25) is 0 Å². The highest BCUT2D eigenvalue weighted by atomic mass is 19.4. The number of carbonyl (C=O) groups is 1. The van der Waals surface area contributed by atoms with Crippen molar-refractivity contribution >= 4 is 16.9 Å². The zero-order valence-corrected chi connectivity index (χ0v) is 13.4. The lowest BCUT2D eigenvalue weighted by Gasteiger charge is -2.33. The van der Waals surface area contributed by atoms with Crippen molar-refractivity contribution in [3.8, 4) is 0 Å². The minimum atomic E-state index is -4.48. The maximum absolute atomic E-state index is 12.8. The van der Waals surface area contributed by atoms with E-state index in [0.29, 0.717) is 11.3 Å². The summed E-state index contributed by atoms with van der Waals surface area (Å²) < 4.78 is 44.7. The quantitative estimate of drug-likeness (QED) is 0.905. The summed E-state index contributed by atoms with van der Waals surface area (Å²) in [6.45, 7) is -0.519. The minimum Gasteiger partial charge on any atom is -0.388 e. The molecule has 0 unspecified atom stereocenters. The van der Waals surface area contributed by atoms with E-state index in [9.17, 15) is 23.1 Å². The van der Waals surface area contributed by atoms with Crippen LogP contribution < -0.4 is 0 Å². The second-order valence-corrected chi connectivity index (χ2v) is 5.82. The standard InChI is InChI=1S/C16H18F3N3O3/c17-16(18,19)13-9-21(7-8-25-13)15(24)5-6-22-12-4-2-1-3-11(12)20-14(22)10-23/h1-4,13,23H,5-10H2/t13-/m1/s1. The predicted molar refractivity (Wildman–Crippen MR) is 82.6 cm³/mol. The number of rotatable bonds is 4. The molecule has 2 aromatic rings. The minimum absolute atomic E-state index is 0.0257. The first-order chi connectivity index (χ1) is 11.9. The van der Waals surface area contributed by atoms with Gasteiger partial charge in [0.1, 0.15) is 12.4 Å². The highest BCUT2D eigenvalue weighted by Crippen LogP contribution is 2.26. The van der Waals surface area contributed by atoms with E-state index in [2.05, 4.69) is 4.98 Å². The molecule has 1 aliphatic heterocycles. The van der Waals surface area contributed by atoms with Gasteiger partial charge in [0, 0.05) is 19.5 Å². The topological polar surface area (TPSA) is 67.6 Å². The Hall–Kier alpha value is -2.13. The number of amides is 1. The summed E-state index contributed by atoms with van der Waals surface area (Å²) in [5.41, 5.74) is 1.47. The van der Waals surface area contributed by atoms with E-state index >= 15 is 0 Å². The summed E-state index contributed by atoms with van der Waals surface area (Å²) in [5.74, 6) is 0.0448. The monoisotopic (exact) mass is 357 g/mol. The van der Waals surface area contributed by atoms with E-state index in [4.69, 9.17) is 4.74 Å². The Morgan fingerprint density at radius 3 is 2.84 bits per heavy atom. The van der Waals surface area contributed by atoms with E-state index in [1.165, 1.54) is 4.90 Å². The summed E-state index contributed by atoms with van der Waals surface area (Å²) in [6, 6.07) is 7.25. The number of fused-ring (bicyclic) bond motifs is 1. The molecule has 136 valence electrons. The zero-order valence-electron chi connectivity index (χ0n) is 13.4. The first kappa shape index (κ1) is 17.7. The van der Waals surface area contributed by atoms with Crippen molar-refractivity contribution in [2.45, 2.75) is 31.9 Å². The van der Waals surface area contributed by atoms with Gasteiger partial charge < -0.3 is 19.3 Å². The van der Waals surface area contributed by atoms with Crippen LogP contribution in [-0.4, -0.2) is 57.4 Å². The predicted octanol–water partition coefficient (Wildman–Crippen LogP) is 1.71. The maximum Gasteiger partial charge on any atom is 0.416 e. The molecule has 1 amide bonds. The molecule has 1 fully saturated rings. The number of imidazole rings is 1. The fourth-order valence-electron chi connectivity index (χ4n) is 2.93. The lowest BCUT2D eigenvalue weighted by Crippen LogP contribution is -2.51. The lowest BCUT2D eigenvalue weighted by atomic mass is 10.2. The van der Waals surface area contributed by atoms with Crippen LogP contribution in [0.1, 0.15) is 12.2 Å². The average Bonchev–Trinajstić information content (AvgIpc) is 2.97. The Bertz CT molecular complexity index is 760. The van der Waals surface area contributed by atoms with Gasteiger partial charge in [-0.1, -0.05) is 12.1 Å². The number of morpholine rings is 1. The van der Waals surface area contributed by atoms with Gasteiger partial charge in [0.15, 0.2) is 6.10 Å². The first-order valence-corrected chi connectivity index (χ1v) is 7.91. The van der Waals surface area contributed by atoms with Gasteiger partial charge >= 0.3 is 6.18 Å². The number of aliphatic hydroxyl groups excluding tert-OH is 1. The molecule has 1 aromatic heterocycles. The van der Waals surface area contributed by atoms with Gasteiger partial charge in [-0.05, 0) is 12.1 Å². The molecule has 25 heavy (non-hydrogen) atoms. The smallest absolute Gasteiger partial charge is 0.388 e. The van der Waals surface area contributed by atoms with Crippen molar-refractivity contribution in [3.05, 3.63) is 30.1 Å². The number of carbonyl (C=O) groups excluding carboxylic acids is 1. The zero-order chi connectivity index (χ0) is 18.0. The molecule has 1 aromatic carbocycles. The molecule has 6 nitrogen and oxygen atoms in total. The highest BCUT2D eigenvalue weighted by Gasteiger charge is 2.44. The van der Waals surface area contributed by atoms with Crippen LogP contribution in [0.25, 0.3) is 11.0 Å². The van der Waals surface area contributed by atoms with Crippen molar-refractivity contribution in [1.82, 2.24) is 14.5 Å². The number of hydrogen-bond donors (Lipinski definition) is 1. The average molecular weight is 357 g/mol. The van der Waals surface area contributed by atoms with E-state index in [1.807, 2.05) is 18.2 Å². The van der Waals surface area contributed by atoms with E-state index in [-0.39, 0.29) is 38.6 Å². The molecule has 9 heteroatoms. The fraction of sp³-hybridized carbons (Fsp3) is 0.500. The molecule has 1 saturated heterocycles. The molecule has 0 radical (unpaired) electrons. The molecule has 0 aliphatic carbocycles. The number of benzene rings is 1. The van der Waals surface area contributed by atoms with Crippen LogP contribution in [0.4, 0.5) is 13.2 Å². The number of halogens is 3. The molecule has 0 spiro atoms.